The molecule has 0 aliphatic rings. The maximum absolute atomic E-state index is 12.7. The summed E-state index contributed by atoms with van der Waals surface area (Å²) in [5.41, 5.74) is 0. The van der Waals surface area contributed by atoms with Crippen LogP contribution in [-0.4, -0.2) is 74.9 Å². The van der Waals surface area contributed by atoms with Gasteiger partial charge in [0, 0.05) is 12.8 Å². The molecule has 0 aliphatic carbocycles. The van der Waals surface area contributed by atoms with Crippen LogP contribution in [0.3, 0.4) is 0 Å². The highest BCUT2D eigenvalue weighted by atomic mass is 31.2. The van der Waals surface area contributed by atoms with Gasteiger partial charge in [-0.3, -0.25) is 18.6 Å². The molecule has 0 bridgehead atoms. The zero-order chi connectivity index (χ0) is 43.6. The van der Waals surface area contributed by atoms with Crippen molar-refractivity contribution in [3.8, 4) is 0 Å². The predicted octanol–water partition coefficient (Wildman–Crippen LogP) is 14.5. The number of esters is 2. The van der Waals surface area contributed by atoms with Crippen LogP contribution in [0.15, 0.2) is 12.2 Å². The highest BCUT2D eigenvalue weighted by molar-refractivity contribution is 7.47. The van der Waals surface area contributed by atoms with E-state index in [2.05, 4.69) is 26.0 Å². The average molecular weight is 859 g/mol. The summed E-state index contributed by atoms with van der Waals surface area (Å²) in [6.45, 7) is 4.45. The number of phosphoric ester groups is 1. The Morgan fingerprint density at radius 3 is 1.27 bits per heavy atom. The maximum atomic E-state index is 12.7. The zero-order valence-electron chi connectivity index (χ0n) is 39.5. The highest BCUT2D eigenvalue weighted by Gasteiger charge is 2.27. The van der Waals surface area contributed by atoms with Crippen molar-refractivity contribution in [2.75, 3.05) is 47.5 Å². The Balaban J connectivity index is 4.23. The van der Waals surface area contributed by atoms with E-state index in [1.54, 1.807) is 0 Å². The second-order valence-corrected chi connectivity index (χ2v) is 19.7. The lowest BCUT2D eigenvalue weighted by molar-refractivity contribution is -0.870. The smallest absolute Gasteiger partial charge is 0.462 e. The molecule has 0 amide bonds. The summed E-state index contributed by atoms with van der Waals surface area (Å²) in [5, 5.41) is 0. The molecule has 59 heavy (non-hydrogen) atoms. The standard InChI is InChI=1S/C49H96NO8P/c1-6-8-10-12-14-16-18-20-22-23-24-25-26-28-29-31-33-35-37-39-41-48(51)55-45-47(46-57-59(53,54)56-44-43-50(3,4)5)58-49(52)42-40-38-36-34-32-30-27-21-19-17-15-13-11-9-7-2/h30,32,47H,6-29,31,33-46H2,1-5H3/p+1/b32-30+/t47-/m1/s1. The van der Waals surface area contributed by atoms with Crippen molar-refractivity contribution in [1.29, 1.82) is 0 Å². The molecule has 0 saturated heterocycles. The number of allylic oxidation sites excluding steroid dienone is 2. The number of hydrogen-bond acceptors (Lipinski definition) is 7. The number of phosphoric acid groups is 1. The molecule has 1 unspecified atom stereocenters. The average Bonchev–Trinajstić information content (AvgIpc) is 3.19. The summed E-state index contributed by atoms with van der Waals surface area (Å²) in [7, 11) is 1.48. The Morgan fingerprint density at radius 2 is 0.864 bits per heavy atom. The fourth-order valence-electron chi connectivity index (χ4n) is 7.13. The van der Waals surface area contributed by atoms with Crippen LogP contribution in [0.25, 0.3) is 0 Å². The summed E-state index contributed by atoms with van der Waals surface area (Å²) in [5.74, 6) is -0.803. The van der Waals surface area contributed by atoms with Crippen molar-refractivity contribution in [1.82, 2.24) is 0 Å². The van der Waals surface area contributed by atoms with Gasteiger partial charge in [-0.25, -0.2) is 4.57 Å². The first-order chi connectivity index (χ1) is 28.5. The SMILES string of the molecule is CCCCCCCCCC/C=C/CCCCCC(=O)O[C@H](COC(=O)CCCCCCCCCCCCCCCCCCCCCC)COP(=O)(O)OCC[N+](C)(C)C. The lowest BCUT2D eigenvalue weighted by Crippen LogP contribution is -2.37. The molecule has 0 aromatic carbocycles. The topological polar surface area (TPSA) is 108 Å². The van der Waals surface area contributed by atoms with Gasteiger partial charge in [-0.1, -0.05) is 199 Å². The predicted molar refractivity (Wildman–Crippen MR) is 248 cm³/mol. The first-order valence-electron chi connectivity index (χ1n) is 24.9. The number of likely N-dealkylation sites (N-methyl/N-ethyl adjacent to an activating group) is 1. The minimum Gasteiger partial charge on any atom is -0.462 e. The zero-order valence-corrected chi connectivity index (χ0v) is 40.4. The summed E-state index contributed by atoms with van der Waals surface area (Å²) in [4.78, 5) is 35.5. The van der Waals surface area contributed by atoms with Gasteiger partial charge in [-0.2, -0.15) is 0 Å². The van der Waals surface area contributed by atoms with Gasteiger partial charge in [0.1, 0.15) is 19.8 Å². The van der Waals surface area contributed by atoms with E-state index in [9.17, 15) is 19.0 Å². The quantitative estimate of drug-likeness (QED) is 0.0212. The number of ether oxygens (including phenoxy) is 2. The fraction of sp³-hybridized carbons (Fsp3) is 0.918. The van der Waals surface area contributed by atoms with Gasteiger partial charge in [-0.15, -0.1) is 0 Å². The van der Waals surface area contributed by atoms with E-state index in [4.69, 9.17) is 18.5 Å². The molecule has 0 saturated carbocycles. The molecule has 1 N–H and O–H groups in total. The largest absolute Gasteiger partial charge is 0.472 e. The van der Waals surface area contributed by atoms with Crippen LogP contribution in [0.2, 0.25) is 0 Å². The first-order valence-corrected chi connectivity index (χ1v) is 26.4. The minimum absolute atomic E-state index is 0.0323. The molecule has 0 radical (unpaired) electrons. The Labute approximate surface area is 365 Å². The number of rotatable bonds is 46. The van der Waals surface area contributed by atoms with Gasteiger partial charge in [-0.05, 0) is 38.5 Å². The van der Waals surface area contributed by atoms with Gasteiger partial charge in [0.2, 0.25) is 0 Å². The van der Waals surface area contributed by atoms with Crippen LogP contribution in [0.1, 0.15) is 239 Å². The minimum atomic E-state index is -4.38. The van der Waals surface area contributed by atoms with Crippen LogP contribution in [0.4, 0.5) is 0 Å². The third-order valence-corrected chi connectivity index (χ3v) is 12.0. The van der Waals surface area contributed by atoms with Gasteiger partial charge in [0.15, 0.2) is 6.10 Å². The molecular weight excluding hydrogens is 762 g/mol. The van der Waals surface area contributed by atoms with Crippen LogP contribution in [0.5, 0.6) is 0 Å². The molecule has 0 spiro atoms. The number of carbonyl (C=O) groups is 2. The van der Waals surface area contributed by atoms with Gasteiger partial charge in [0.25, 0.3) is 0 Å². The van der Waals surface area contributed by atoms with Crippen molar-refractivity contribution in [3.05, 3.63) is 12.2 Å². The Morgan fingerprint density at radius 1 is 0.508 bits per heavy atom. The molecule has 0 rings (SSSR count). The Hall–Kier alpha value is -1.25. The van der Waals surface area contributed by atoms with Crippen molar-refractivity contribution in [2.45, 2.75) is 245 Å². The van der Waals surface area contributed by atoms with Crippen LogP contribution >= 0.6 is 7.82 Å². The molecule has 10 heteroatoms. The summed E-state index contributed by atoms with van der Waals surface area (Å²) < 4.78 is 34.4. The van der Waals surface area contributed by atoms with E-state index in [-0.39, 0.29) is 25.6 Å². The van der Waals surface area contributed by atoms with Crippen molar-refractivity contribution < 1.29 is 42.1 Å². The van der Waals surface area contributed by atoms with Crippen LogP contribution in [-0.2, 0) is 32.7 Å². The third-order valence-electron chi connectivity index (χ3n) is 11.0. The van der Waals surface area contributed by atoms with E-state index in [0.29, 0.717) is 23.9 Å². The fourth-order valence-corrected chi connectivity index (χ4v) is 7.87. The monoisotopic (exact) mass is 859 g/mol. The van der Waals surface area contributed by atoms with E-state index >= 15 is 0 Å². The van der Waals surface area contributed by atoms with Crippen LogP contribution < -0.4 is 0 Å². The molecule has 350 valence electrons. The molecule has 0 heterocycles. The molecule has 2 atom stereocenters. The summed E-state index contributed by atoms with van der Waals surface area (Å²) in [6, 6.07) is 0. The molecule has 0 aromatic heterocycles. The molecule has 9 nitrogen and oxygen atoms in total. The Bertz CT molecular complexity index is 1020. The number of quaternary nitrogens is 1. The third kappa shape index (κ3) is 46.1. The lowest BCUT2D eigenvalue weighted by Gasteiger charge is -2.24. The highest BCUT2D eigenvalue weighted by Crippen LogP contribution is 2.43. The van der Waals surface area contributed by atoms with E-state index < -0.39 is 26.5 Å². The van der Waals surface area contributed by atoms with Gasteiger partial charge < -0.3 is 18.9 Å². The van der Waals surface area contributed by atoms with Crippen LogP contribution in [0, 0.1) is 0 Å². The van der Waals surface area contributed by atoms with Crippen molar-refractivity contribution >= 4 is 19.8 Å². The van der Waals surface area contributed by atoms with E-state index in [1.807, 2.05) is 21.1 Å². The number of unbranched alkanes of at least 4 members (excludes halogenated alkanes) is 30. The Kier molecular flexibility index (Phi) is 41.2. The molecular formula is C49H97NO8P+. The molecule has 0 fully saturated rings. The maximum Gasteiger partial charge on any atom is 0.472 e. The summed E-state index contributed by atoms with van der Waals surface area (Å²) >= 11 is 0. The van der Waals surface area contributed by atoms with Gasteiger partial charge in [0.05, 0.1) is 27.7 Å². The van der Waals surface area contributed by atoms with Crippen molar-refractivity contribution in [3.63, 3.8) is 0 Å². The second kappa shape index (κ2) is 42.1. The normalized spacial score (nSPS) is 13.5. The van der Waals surface area contributed by atoms with E-state index in [1.165, 1.54) is 161 Å². The van der Waals surface area contributed by atoms with Gasteiger partial charge >= 0.3 is 19.8 Å². The summed E-state index contributed by atoms with van der Waals surface area (Å²) in [6.07, 6.45) is 45.5. The number of hydrogen-bond donors (Lipinski definition) is 1. The molecule has 0 aliphatic heterocycles. The number of nitrogens with zero attached hydrogens (tertiary/aromatic N) is 1. The number of carbonyl (C=O) groups excluding carboxylic acids is 2. The molecule has 0 aromatic rings. The first kappa shape index (κ1) is 57.8. The van der Waals surface area contributed by atoms with Crippen molar-refractivity contribution in [2.24, 2.45) is 0 Å². The lowest BCUT2D eigenvalue weighted by atomic mass is 10.0. The van der Waals surface area contributed by atoms with E-state index in [0.717, 1.165) is 44.9 Å². The second-order valence-electron chi connectivity index (χ2n) is 18.2.